The van der Waals surface area contributed by atoms with Crippen LogP contribution >= 0.6 is 0 Å². The number of hydrogen-bond donors (Lipinski definition) is 2. The number of carbonyl (C=O) groups is 1. The van der Waals surface area contributed by atoms with Gasteiger partial charge in [-0.1, -0.05) is 42.5 Å². The Kier molecular flexibility index (Phi) is 5.77. The molecule has 0 unspecified atom stereocenters. The summed E-state index contributed by atoms with van der Waals surface area (Å²) in [5.74, 6) is 0.669. The van der Waals surface area contributed by atoms with Crippen molar-refractivity contribution >= 4 is 17.3 Å². The third-order valence-electron chi connectivity index (χ3n) is 4.45. The summed E-state index contributed by atoms with van der Waals surface area (Å²) in [5.41, 5.74) is 4.72. The van der Waals surface area contributed by atoms with E-state index in [1.165, 1.54) is 0 Å². The zero-order valence-corrected chi connectivity index (χ0v) is 15.8. The molecule has 3 aromatic rings. The van der Waals surface area contributed by atoms with Gasteiger partial charge in [0.25, 0.3) is 5.91 Å². The molecule has 1 amide bonds. The normalized spacial score (nSPS) is 11.5. The molecular weight excluding hydrogens is 336 g/mol. The highest BCUT2D eigenvalue weighted by atomic mass is 16.5. The molecule has 0 radical (unpaired) electrons. The van der Waals surface area contributed by atoms with Crippen LogP contribution in [-0.4, -0.2) is 13.0 Å². The Labute approximate surface area is 160 Å². The van der Waals surface area contributed by atoms with E-state index in [1.54, 1.807) is 7.11 Å². The monoisotopic (exact) mass is 360 g/mol. The van der Waals surface area contributed by atoms with Crippen LogP contribution in [-0.2, 0) is 4.79 Å². The molecule has 0 saturated heterocycles. The molecule has 0 aliphatic heterocycles. The van der Waals surface area contributed by atoms with Gasteiger partial charge in [-0.25, -0.2) is 0 Å². The van der Waals surface area contributed by atoms with Crippen molar-refractivity contribution in [1.29, 1.82) is 0 Å². The van der Waals surface area contributed by atoms with Gasteiger partial charge in [0.2, 0.25) is 0 Å². The molecule has 27 heavy (non-hydrogen) atoms. The smallest absolute Gasteiger partial charge is 0.251 e. The van der Waals surface area contributed by atoms with Crippen molar-refractivity contribution in [1.82, 2.24) is 0 Å². The number of amides is 1. The van der Waals surface area contributed by atoms with E-state index in [4.69, 9.17) is 4.74 Å². The van der Waals surface area contributed by atoms with Crippen LogP contribution in [0, 0.1) is 13.8 Å². The SMILES string of the molecule is COc1ccc(N[C@@H](C(=O)Nc2cc(C)ccc2C)c2ccccc2)cc1. The third-order valence-corrected chi connectivity index (χ3v) is 4.45. The average Bonchev–Trinajstić information content (AvgIpc) is 2.70. The van der Waals surface area contributed by atoms with E-state index < -0.39 is 6.04 Å². The van der Waals surface area contributed by atoms with E-state index in [1.807, 2.05) is 86.6 Å². The quantitative estimate of drug-likeness (QED) is 0.643. The molecule has 4 nitrogen and oxygen atoms in total. The van der Waals surface area contributed by atoms with Crippen molar-refractivity contribution in [2.45, 2.75) is 19.9 Å². The van der Waals surface area contributed by atoms with Crippen molar-refractivity contribution in [2.75, 3.05) is 17.7 Å². The van der Waals surface area contributed by atoms with Crippen molar-refractivity contribution in [3.05, 3.63) is 89.5 Å². The molecule has 138 valence electrons. The molecule has 0 heterocycles. The van der Waals surface area contributed by atoms with Crippen molar-refractivity contribution in [2.24, 2.45) is 0 Å². The number of ether oxygens (including phenoxy) is 1. The first-order chi connectivity index (χ1) is 13.1. The van der Waals surface area contributed by atoms with Crippen LogP contribution in [0.15, 0.2) is 72.8 Å². The summed E-state index contributed by atoms with van der Waals surface area (Å²) in [6.45, 7) is 4.00. The highest BCUT2D eigenvalue weighted by molar-refractivity contribution is 5.98. The molecule has 3 rings (SSSR count). The van der Waals surface area contributed by atoms with Crippen LogP contribution in [0.5, 0.6) is 5.75 Å². The van der Waals surface area contributed by atoms with Crippen LogP contribution in [0.2, 0.25) is 0 Å². The Morgan fingerprint density at radius 1 is 0.926 bits per heavy atom. The lowest BCUT2D eigenvalue weighted by Crippen LogP contribution is -2.27. The number of rotatable bonds is 6. The fraction of sp³-hybridized carbons (Fsp3) is 0.174. The number of carbonyl (C=O) groups excluding carboxylic acids is 1. The predicted octanol–water partition coefficient (Wildman–Crippen LogP) is 5.10. The minimum absolute atomic E-state index is 0.106. The first kappa shape index (κ1) is 18.5. The van der Waals surface area contributed by atoms with Gasteiger partial charge < -0.3 is 15.4 Å². The standard InChI is InChI=1S/C23H24N2O2/c1-16-9-10-17(2)21(15-16)25-23(26)22(18-7-5-4-6-8-18)24-19-11-13-20(27-3)14-12-19/h4-15,22,24H,1-3H3,(H,25,26)/t22-/m1/s1. The number of hydrogen-bond acceptors (Lipinski definition) is 3. The van der Waals surface area contributed by atoms with E-state index in [-0.39, 0.29) is 5.91 Å². The summed E-state index contributed by atoms with van der Waals surface area (Å²) >= 11 is 0. The van der Waals surface area contributed by atoms with E-state index in [0.29, 0.717) is 0 Å². The molecule has 0 aliphatic carbocycles. The molecule has 0 spiro atoms. The van der Waals surface area contributed by atoms with Gasteiger partial charge in [0.15, 0.2) is 0 Å². The van der Waals surface area contributed by atoms with Gasteiger partial charge in [-0.15, -0.1) is 0 Å². The lowest BCUT2D eigenvalue weighted by molar-refractivity contribution is -0.117. The first-order valence-corrected chi connectivity index (χ1v) is 8.90. The maximum atomic E-state index is 13.1. The van der Waals surface area contributed by atoms with E-state index in [0.717, 1.165) is 33.8 Å². The van der Waals surface area contributed by atoms with E-state index in [2.05, 4.69) is 10.6 Å². The van der Waals surface area contributed by atoms with Gasteiger partial charge in [-0.05, 0) is 60.9 Å². The first-order valence-electron chi connectivity index (χ1n) is 8.90. The number of nitrogens with one attached hydrogen (secondary N) is 2. The largest absolute Gasteiger partial charge is 0.497 e. The van der Waals surface area contributed by atoms with Gasteiger partial charge in [0, 0.05) is 11.4 Å². The molecule has 4 heteroatoms. The zero-order valence-electron chi connectivity index (χ0n) is 15.8. The van der Waals surface area contributed by atoms with Crippen molar-refractivity contribution in [3.63, 3.8) is 0 Å². The number of benzene rings is 3. The molecule has 3 aromatic carbocycles. The molecule has 0 bridgehead atoms. The average molecular weight is 360 g/mol. The van der Waals surface area contributed by atoms with Crippen LogP contribution in [0.1, 0.15) is 22.7 Å². The minimum atomic E-state index is -0.514. The number of methoxy groups -OCH3 is 1. The minimum Gasteiger partial charge on any atom is -0.497 e. The fourth-order valence-corrected chi connectivity index (χ4v) is 2.88. The molecule has 0 fully saturated rings. The second-order valence-corrected chi connectivity index (χ2v) is 6.52. The highest BCUT2D eigenvalue weighted by Gasteiger charge is 2.21. The Morgan fingerprint density at radius 2 is 1.63 bits per heavy atom. The molecule has 1 atom stereocenters. The lowest BCUT2D eigenvalue weighted by Gasteiger charge is -2.21. The Morgan fingerprint density at radius 3 is 2.30 bits per heavy atom. The summed E-state index contributed by atoms with van der Waals surface area (Å²) in [5, 5.41) is 6.40. The number of aryl methyl sites for hydroxylation is 2. The highest BCUT2D eigenvalue weighted by Crippen LogP contribution is 2.24. The topological polar surface area (TPSA) is 50.4 Å². The van der Waals surface area contributed by atoms with Crippen LogP contribution < -0.4 is 15.4 Å². The molecule has 0 saturated carbocycles. The Hall–Kier alpha value is -3.27. The van der Waals surface area contributed by atoms with Gasteiger partial charge >= 0.3 is 0 Å². The Balaban J connectivity index is 1.87. The summed E-state index contributed by atoms with van der Waals surface area (Å²) < 4.78 is 5.20. The maximum absolute atomic E-state index is 13.1. The van der Waals surface area contributed by atoms with Crippen LogP contribution in [0.4, 0.5) is 11.4 Å². The molecule has 2 N–H and O–H groups in total. The van der Waals surface area contributed by atoms with Crippen molar-refractivity contribution < 1.29 is 9.53 Å². The van der Waals surface area contributed by atoms with E-state index >= 15 is 0 Å². The van der Waals surface area contributed by atoms with Gasteiger partial charge in [-0.3, -0.25) is 4.79 Å². The van der Waals surface area contributed by atoms with Crippen molar-refractivity contribution in [3.8, 4) is 5.75 Å². The second kappa shape index (κ2) is 8.41. The Bertz CT molecular complexity index is 905. The molecule has 0 aromatic heterocycles. The summed E-state index contributed by atoms with van der Waals surface area (Å²) in [7, 11) is 1.63. The predicted molar refractivity (Wildman–Crippen MR) is 110 cm³/mol. The maximum Gasteiger partial charge on any atom is 0.251 e. The second-order valence-electron chi connectivity index (χ2n) is 6.52. The number of anilines is 2. The van der Waals surface area contributed by atoms with Gasteiger partial charge in [-0.2, -0.15) is 0 Å². The fourth-order valence-electron chi connectivity index (χ4n) is 2.88. The van der Waals surface area contributed by atoms with Gasteiger partial charge in [0.05, 0.1) is 7.11 Å². The molecular formula is C23H24N2O2. The van der Waals surface area contributed by atoms with Gasteiger partial charge in [0.1, 0.15) is 11.8 Å². The summed E-state index contributed by atoms with van der Waals surface area (Å²) in [6, 6.07) is 22.8. The zero-order chi connectivity index (χ0) is 19.2. The van der Waals surface area contributed by atoms with Crippen LogP contribution in [0.3, 0.4) is 0 Å². The molecule has 0 aliphatic rings. The third kappa shape index (κ3) is 4.67. The lowest BCUT2D eigenvalue weighted by atomic mass is 10.0. The van der Waals surface area contributed by atoms with E-state index in [9.17, 15) is 4.79 Å². The summed E-state index contributed by atoms with van der Waals surface area (Å²) in [6.07, 6.45) is 0. The van der Waals surface area contributed by atoms with Crippen LogP contribution in [0.25, 0.3) is 0 Å². The summed E-state index contributed by atoms with van der Waals surface area (Å²) in [4.78, 5) is 13.1.